The first kappa shape index (κ1) is 12.9. The normalized spacial score (nSPS) is 10.2. The summed E-state index contributed by atoms with van der Waals surface area (Å²) in [6.07, 6.45) is 0. The zero-order chi connectivity index (χ0) is 14.0. The van der Waals surface area contributed by atoms with Crippen LogP contribution in [0, 0.1) is 12.7 Å². The van der Waals surface area contributed by atoms with E-state index in [4.69, 9.17) is 11.5 Å². The summed E-state index contributed by atoms with van der Waals surface area (Å²) in [5.41, 5.74) is 13.0. The average Bonchev–Trinajstić information content (AvgIpc) is 2.34. The van der Waals surface area contributed by atoms with Gasteiger partial charge in [-0.2, -0.15) is 0 Å². The summed E-state index contributed by atoms with van der Waals surface area (Å²) >= 11 is 0. The number of halogens is 1. The van der Waals surface area contributed by atoms with Gasteiger partial charge in [-0.3, -0.25) is 4.79 Å². The van der Waals surface area contributed by atoms with Crippen molar-refractivity contribution in [3.05, 3.63) is 53.3 Å². The Morgan fingerprint density at radius 2 is 1.95 bits per heavy atom. The van der Waals surface area contributed by atoms with E-state index in [1.54, 1.807) is 31.2 Å². The van der Waals surface area contributed by atoms with Gasteiger partial charge in [-0.15, -0.1) is 0 Å². The van der Waals surface area contributed by atoms with Crippen molar-refractivity contribution in [1.29, 1.82) is 0 Å². The first-order chi connectivity index (χ1) is 8.97. The highest BCUT2D eigenvalue weighted by Crippen LogP contribution is 2.23. The fourth-order valence-corrected chi connectivity index (χ4v) is 1.72. The van der Waals surface area contributed by atoms with Crippen LogP contribution in [0.4, 0.5) is 21.5 Å². The van der Waals surface area contributed by atoms with Gasteiger partial charge in [0.15, 0.2) is 0 Å². The topological polar surface area (TPSA) is 81.1 Å². The van der Waals surface area contributed by atoms with Gasteiger partial charge in [0.2, 0.25) is 0 Å². The summed E-state index contributed by atoms with van der Waals surface area (Å²) in [7, 11) is 0. The molecule has 0 unspecified atom stereocenters. The number of aryl methyl sites for hydroxylation is 1. The Balaban J connectivity index is 2.33. The van der Waals surface area contributed by atoms with Crippen LogP contribution < -0.4 is 16.8 Å². The maximum absolute atomic E-state index is 13.7. The predicted molar refractivity (Wildman–Crippen MR) is 73.8 cm³/mol. The average molecular weight is 259 g/mol. The summed E-state index contributed by atoms with van der Waals surface area (Å²) in [5, 5.41) is 2.88. The van der Waals surface area contributed by atoms with Crippen LogP contribution >= 0.6 is 0 Å². The van der Waals surface area contributed by atoms with E-state index in [0.29, 0.717) is 17.1 Å². The quantitative estimate of drug-likeness (QED) is 0.741. The molecule has 2 aromatic rings. The standard InChI is InChI=1S/C14H14FN3O/c1-8-2-5-13(11(15)6-8)18-9-3-4-12(16)10(7-9)14(17)19/h2-7,18H,16H2,1H3,(H2,17,19). The Kier molecular flexibility index (Phi) is 3.37. The maximum Gasteiger partial charge on any atom is 0.250 e. The fourth-order valence-electron chi connectivity index (χ4n) is 1.72. The first-order valence-corrected chi connectivity index (χ1v) is 5.70. The maximum atomic E-state index is 13.7. The molecule has 0 bridgehead atoms. The molecule has 0 aliphatic carbocycles. The van der Waals surface area contributed by atoms with Crippen molar-refractivity contribution in [2.75, 3.05) is 11.1 Å². The highest BCUT2D eigenvalue weighted by molar-refractivity contribution is 5.99. The van der Waals surface area contributed by atoms with Crippen LogP contribution in [0.1, 0.15) is 15.9 Å². The molecule has 0 heterocycles. The summed E-state index contributed by atoms with van der Waals surface area (Å²) in [4.78, 5) is 11.2. The lowest BCUT2D eigenvalue weighted by molar-refractivity contribution is 0.100. The Morgan fingerprint density at radius 3 is 2.58 bits per heavy atom. The highest BCUT2D eigenvalue weighted by Gasteiger charge is 2.08. The van der Waals surface area contributed by atoms with Gasteiger partial charge in [-0.25, -0.2) is 4.39 Å². The second-order valence-corrected chi connectivity index (χ2v) is 4.27. The monoisotopic (exact) mass is 259 g/mol. The number of anilines is 3. The van der Waals surface area contributed by atoms with Gasteiger partial charge in [-0.05, 0) is 42.8 Å². The first-order valence-electron chi connectivity index (χ1n) is 5.70. The molecule has 1 amide bonds. The van der Waals surface area contributed by atoms with Crippen LogP contribution in [-0.4, -0.2) is 5.91 Å². The SMILES string of the molecule is Cc1ccc(Nc2ccc(N)c(C(N)=O)c2)c(F)c1. The lowest BCUT2D eigenvalue weighted by Crippen LogP contribution is -2.13. The van der Waals surface area contributed by atoms with Crippen molar-refractivity contribution in [3.63, 3.8) is 0 Å². The van der Waals surface area contributed by atoms with Crippen LogP contribution in [-0.2, 0) is 0 Å². The van der Waals surface area contributed by atoms with Crippen LogP contribution in [0.25, 0.3) is 0 Å². The smallest absolute Gasteiger partial charge is 0.250 e. The van der Waals surface area contributed by atoms with Gasteiger partial charge in [0.05, 0.1) is 11.3 Å². The van der Waals surface area contributed by atoms with Crippen LogP contribution in [0.2, 0.25) is 0 Å². The number of amides is 1. The molecule has 0 aliphatic heterocycles. The second kappa shape index (κ2) is 4.97. The molecule has 19 heavy (non-hydrogen) atoms. The van der Waals surface area contributed by atoms with Crippen molar-refractivity contribution < 1.29 is 9.18 Å². The number of carbonyl (C=O) groups excluding carboxylic acids is 1. The van der Waals surface area contributed by atoms with E-state index >= 15 is 0 Å². The summed E-state index contributed by atoms with van der Waals surface area (Å²) in [6.45, 7) is 1.81. The van der Waals surface area contributed by atoms with Gasteiger partial charge in [0.25, 0.3) is 5.91 Å². The molecule has 0 aromatic heterocycles. The van der Waals surface area contributed by atoms with Gasteiger partial charge >= 0.3 is 0 Å². The van der Waals surface area contributed by atoms with Crippen LogP contribution in [0.15, 0.2) is 36.4 Å². The molecule has 0 aliphatic rings. The summed E-state index contributed by atoms with van der Waals surface area (Å²) in [6, 6.07) is 9.55. The third-order valence-corrected chi connectivity index (χ3v) is 2.72. The van der Waals surface area contributed by atoms with E-state index in [9.17, 15) is 9.18 Å². The molecule has 0 fully saturated rings. The fraction of sp³-hybridized carbons (Fsp3) is 0.0714. The number of carbonyl (C=O) groups is 1. The molecule has 4 nitrogen and oxygen atoms in total. The molecule has 0 spiro atoms. The lowest BCUT2D eigenvalue weighted by atomic mass is 10.1. The number of hydrogen-bond acceptors (Lipinski definition) is 3. The minimum absolute atomic E-state index is 0.206. The van der Waals surface area contributed by atoms with E-state index < -0.39 is 5.91 Å². The summed E-state index contributed by atoms with van der Waals surface area (Å²) < 4.78 is 13.7. The number of nitrogen functional groups attached to an aromatic ring is 1. The third kappa shape index (κ3) is 2.82. The zero-order valence-electron chi connectivity index (χ0n) is 10.4. The van der Waals surface area contributed by atoms with Gasteiger partial charge in [-0.1, -0.05) is 6.07 Å². The molecule has 0 atom stereocenters. The van der Waals surface area contributed by atoms with E-state index in [2.05, 4.69) is 5.32 Å². The Morgan fingerprint density at radius 1 is 1.21 bits per heavy atom. The lowest BCUT2D eigenvalue weighted by Gasteiger charge is -2.10. The van der Waals surface area contributed by atoms with E-state index in [1.165, 1.54) is 12.1 Å². The summed E-state index contributed by atoms with van der Waals surface area (Å²) in [5.74, 6) is -0.983. The van der Waals surface area contributed by atoms with Crippen LogP contribution in [0.3, 0.4) is 0 Å². The Bertz CT molecular complexity index is 641. The van der Waals surface area contributed by atoms with Crippen molar-refractivity contribution in [2.45, 2.75) is 6.92 Å². The number of primary amides is 1. The molecule has 5 N–H and O–H groups in total. The van der Waals surface area contributed by atoms with Crippen molar-refractivity contribution >= 4 is 23.0 Å². The zero-order valence-corrected chi connectivity index (χ0v) is 10.4. The molecule has 2 aromatic carbocycles. The van der Waals surface area contributed by atoms with Gasteiger partial charge < -0.3 is 16.8 Å². The molecular weight excluding hydrogens is 245 g/mol. The van der Waals surface area contributed by atoms with E-state index in [1.807, 2.05) is 0 Å². The molecule has 0 saturated carbocycles. The highest BCUT2D eigenvalue weighted by atomic mass is 19.1. The van der Waals surface area contributed by atoms with Gasteiger partial charge in [0, 0.05) is 11.4 Å². The predicted octanol–water partition coefficient (Wildman–Crippen LogP) is 2.56. The molecular formula is C14H14FN3O. The Hall–Kier alpha value is -2.56. The second-order valence-electron chi connectivity index (χ2n) is 4.27. The van der Waals surface area contributed by atoms with E-state index in [-0.39, 0.29) is 11.4 Å². The Labute approximate surface area is 110 Å². The molecule has 5 heteroatoms. The minimum atomic E-state index is -0.620. The third-order valence-electron chi connectivity index (χ3n) is 2.72. The minimum Gasteiger partial charge on any atom is -0.398 e. The number of rotatable bonds is 3. The van der Waals surface area contributed by atoms with Crippen molar-refractivity contribution in [2.24, 2.45) is 5.73 Å². The molecule has 2 rings (SSSR count). The van der Waals surface area contributed by atoms with E-state index in [0.717, 1.165) is 5.56 Å². The van der Waals surface area contributed by atoms with Crippen LogP contribution in [0.5, 0.6) is 0 Å². The van der Waals surface area contributed by atoms with Crippen molar-refractivity contribution in [1.82, 2.24) is 0 Å². The molecule has 0 radical (unpaired) electrons. The number of benzene rings is 2. The van der Waals surface area contributed by atoms with Gasteiger partial charge in [0.1, 0.15) is 5.82 Å². The number of nitrogens with one attached hydrogen (secondary N) is 1. The number of nitrogens with two attached hydrogens (primary N) is 2. The molecule has 98 valence electrons. The number of hydrogen-bond donors (Lipinski definition) is 3. The largest absolute Gasteiger partial charge is 0.398 e. The van der Waals surface area contributed by atoms with Crippen molar-refractivity contribution in [3.8, 4) is 0 Å². The molecule has 0 saturated heterocycles.